The average Bonchev–Trinajstić information content (AvgIpc) is 3.37. The van der Waals surface area contributed by atoms with Gasteiger partial charge in [0.1, 0.15) is 11.6 Å². The molecule has 0 aromatic carbocycles. The summed E-state index contributed by atoms with van der Waals surface area (Å²) in [6.45, 7) is 5.05. The SMILES string of the molecule is C[C@@H](C(=O)NC1CC1)N1CCC[C@@H](c2nnc3n2CCCCC3)C1. The molecule has 1 saturated heterocycles. The minimum Gasteiger partial charge on any atom is -0.352 e. The van der Waals surface area contributed by atoms with Crippen LogP contribution in [0.1, 0.15) is 69.4 Å². The third-order valence-electron chi connectivity index (χ3n) is 5.81. The van der Waals surface area contributed by atoms with Crippen LogP contribution in [0.25, 0.3) is 0 Å². The highest BCUT2D eigenvalue weighted by atomic mass is 16.2. The fourth-order valence-electron chi connectivity index (χ4n) is 4.09. The first-order chi connectivity index (χ1) is 11.7. The van der Waals surface area contributed by atoms with E-state index in [2.05, 4.69) is 25.0 Å². The number of likely N-dealkylation sites (tertiary alicyclic amines) is 1. The standard InChI is InChI=1S/C18H29N5O/c1-13(18(24)19-15-8-9-15)22-10-5-6-14(12-22)17-21-20-16-7-3-2-4-11-23(16)17/h13-15H,2-12H2,1H3,(H,19,24)/t13-,14+/m0/s1. The molecule has 1 amide bonds. The van der Waals surface area contributed by atoms with Gasteiger partial charge in [-0.1, -0.05) is 6.42 Å². The van der Waals surface area contributed by atoms with Crippen LogP contribution in [0.15, 0.2) is 0 Å². The third-order valence-corrected chi connectivity index (χ3v) is 5.81. The molecule has 3 heterocycles. The number of aromatic nitrogens is 3. The molecule has 0 radical (unpaired) electrons. The van der Waals surface area contributed by atoms with Gasteiger partial charge in [-0.25, -0.2) is 0 Å². The van der Waals surface area contributed by atoms with Crippen molar-refractivity contribution < 1.29 is 4.79 Å². The monoisotopic (exact) mass is 331 g/mol. The van der Waals surface area contributed by atoms with Gasteiger partial charge in [0.2, 0.25) is 5.91 Å². The summed E-state index contributed by atoms with van der Waals surface area (Å²) >= 11 is 0. The molecule has 4 rings (SSSR count). The smallest absolute Gasteiger partial charge is 0.237 e. The van der Waals surface area contributed by atoms with E-state index in [9.17, 15) is 4.79 Å². The second-order valence-electron chi connectivity index (χ2n) is 7.73. The lowest BCUT2D eigenvalue weighted by Crippen LogP contribution is -2.49. The summed E-state index contributed by atoms with van der Waals surface area (Å²) < 4.78 is 2.37. The largest absolute Gasteiger partial charge is 0.352 e. The molecule has 0 spiro atoms. The number of rotatable bonds is 4. The van der Waals surface area contributed by atoms with Gasteiger partial charge in [0, 0.05) is 31.5 Å². The molecule has 24 heavy (non-hydrogen) atoms. The molecule has 1 aliphatic carbocycles. The van der Waals surface area contributed by atoms with Gasteiger partial charge in [-0.2, -0.15) is 0 Å². The summed E-state index contributed by atoms with van der Waals surface area (Å²) in [4.78, 5) is 14.7. The van der Waals surface area contributed by atoms with Crippen molar-refractivity contribution in [2.24, 2.45) is 0 Å². The van der Waals surface area contributed by atoms with Crippen LogP contribution in [0.5, 0.6) is 0 Å². The highest BCUT2D eigenvalue weighted by Gasteiger charge is 2.33. The van der Waals surface area contributed by atoms with Crippen molar-refractivity contribution in [3.63, 3.8) is 0 Å². The lowest BCUT2D eigenvalue weighted by Gasteiger charge is -2.35. The minimum absolute atomic E-state index is 0.0417. The molecular formula is C18H29N5O. The third kappa shape index (κ3) is 3.34. The maximum absolute atomic E-state index is 12.4. The van der Waals surface area contributed by atoms with Gasteiger partial charge in [-0.15, -0.1) is 10.2 Å². The molecule has 1 aromatic rings. The predicted octanol–water partition coefficient (Wildman–Crippen LogP) is 1.85. The fourth-order valence-corrected chi connectivity index (χ4v) is 4.09. The maximum atomic E-state index is 12.4. The summed E-state index contributed by atoms with van der Waals surface area (Å²) in [5.41, 5.74) is 0. The van der Waals surface area contributed by atoms with Gasteiger partial charge >= 0.3 is 0 Å². The van der Waals surface area contributed by atoms with Gasteiger partial charge in [0.05, 0.1) is 6.04 Å². The number of hydrogen-bond acceptors (Lipinski definition) is 4. The molecule has 0 bridgehead atoms. The van der Waals surface area contributed by atoms with E-state index in [1.165, 1.54) is 25.1 Å². The van der Waals surface area contributed by atoms with Crippen LogP contribution in [0.4, 0.5) is 0 Å². The van der Waals surface area contributed by atoms with Crippen LogP contribution in [0.2, 0.25) is 0 Å². The number of hydrogen-bond donors (Lipinski definition) is 1. The average molecular weight is 331 g/mol. The van der Waals surface area contributed by atoms with Crippen LogP contribution in [-0.4, -0.2) is 50.7 Å². The molecule has 1 saturated carbocycles. The number of carbonyl (C=O) groups excluding carboxylic acids is 1. The van der Waals surface area contributed by atoms with E-state index in [1.807, 2.05) is 6.92 Å². The van der Waals surface area contributed by atoms with Crippen LogP contribution in [0, 0.1) is 0 Å². The molecule has 2 atom stereocenters. The zero-order valence-electron chi connectivity index (χ0n) is 14.7. The Labute approximate surface area is 144 Å². The lowest BCUT2D eigenvalue weighted by atomic mass is 9.95. The summed E-state index contributed by atoms with van der Waals surface area (Å²) in [6.07, 6.45) is 9.39. The number of nitrogens with one attached hydrogen (secondary N) is 1. The number of piperidine rings is 1. The van der Waals surface area contributed by atoms with Gasteiger partial charge in [0.25, 0.3) is 0 Å². The second kappa shape index (κ2) is 6.82. The first-order valence-electron chi connectivity index (χ1n) is 9.69. The van der Waals surface area contributed by atoms with E-state index in [4.69, 9.17) is 0 Å². The molecule has 2 fully saturated rings. The Balaban J connectivity index is 1.44. The Morgan fingerprint density at radius 2 is 2.00 bits per heavy atom. The van der Waals surface area contributed by atoms with Crippen LogP contribution in [-0.2, 0) is 17.8 Å². The van der Waals surface area contributed by atoms with Gasteiger partial charge < -0.3 is 9.88 Å². The molecule has 3 aliphatic rings. The summed E-state index contributed by atoms with van der Waals surface area (Å²) in [7, 11) is 0. The Hall–Kier alpha value is -1.43. The quantitative estimate of drug-likeness (QED) is 0.914. The van der Waals surface area contributed by atoms with Crippen molar-refractivity contribution >= 4 is 5.91 Å². The Bertz CT molecular complexity index is 594. The summed E-state index contributed by atoms with van der Waals surface area (Å²) in [5.74, 6) is 2.93. The molecule has 132 valence electrons. The number of nitrogens with zero attached hydrogens (tertiary/aromatic N) is 4. The topological polar surface area (TPSA) is 63.1 Å². The summed E-state index contributed by atoms with van der Waals surface area (Å²) in [5, 5.41) is 12.2. The number of carbonyl (C=O) groups is 1. The van der Waals surface area contributed by atoms with Crippen molar-refractivity contribution in [3.05, 3.63) is 11.6 Å². The molecule has 0 unspecified atom stereocenters. The van der Waals surface area contributed by atoms with Gasteiger partial charge in [-0.05, 0) is 52.0 Å². The van der Waals surface area contributed by atoms with Crippen molar-refractivity contribution in [2.75, 3.05) is 13.1 Å². The molecular weight excluding hydrogens is 302 g/mol. The van der Waals surface area contributed by atoms with Crippen molar-refractivity contribution in [2.45, 2.75) is 82.8 Å². The van der Waals surface area contributed by atoms with E-state index in [0.29, 0.717) is 12.0 Å². The first kappa shape index (κ1) is 16.1. The molecule has 1 N–H and O–H groups in total. The van der Waals surface area contributed by atoms with Crippen molar-refractivity contribution in [3.8, 4) is 0 Å². The molecule has 6 heteroatoms. The maximum Gasteiger partial charge on any atom is 0.237 e. The van der Waals surface area contributed by atoms with E-state index in [0.717, 1.165) is 57.6 Å². The highest BCUT2D eigenvalue weighted by Crippen LogP contribution is 2.29. The normalized spacial score (nSPS) is 26.5. The zero-order valence-corrected chi connectivity index (χ0v) is 14.7. The summed E-state index contributed by atoms with van der Waals surface area (Å²) in [6, 6.07) is 0.396. The highest BCUT2D eigenvalue weighted by molar-refractivity contribution is 5.81. The van der Waals surface area contributed by atoms with Crippen LogP contribution < -0.4 is 5.32 Å². The van der Waals surface area contributed by atoms with E-state index in [-0.39, 0.29) is 11.9 Å². The number of fused-ring (bicyclic) bond motifs is 1. The Morgan fingerprint density at radius 3 is 2.83 bits per heavy atom. The Kier molecular flexibility index (Phi) is 4.57. The van der Waals surface area contributed by atoms with Crippen LogP contribution in [0.3, 0.4) is 0 Å². The van der Waals surface area contributed by atoms with Crippen molar-refractivity contribution in [1.29, 1.82) is 0 Å². The molecule has 2 aliphatic heterocycles. The molecule has 1 aromatic heterocycles. The van der Waals surface area contributed by atoms with Crippen LogP contribution >= 0.6 is 0 Å². The lowest BCUT2D eigenvalue weighted by molar-refractivity contribution is -0.126. The van der Waals surface area contributed by atoms with E-state index < -0.39 is 0 Å². The van der Waals surface area contributed by atoms with Gasteiger partial charge in [-0.3, -0.25) is 9.69 Å². The second-order valence-corrected chi connectivity index (χ2v) is 7.73. The predicted molar refractivity (Wildman–Crippen MR) is 91.8 cm³/mol. The van der Waals surface area contributed by atoms with E-state index in [1.54, 1.807) is 0 Å². The first-order valence-corrected chi connectivity index (χ1v) is 9.69. The zero-order chi connectivity index (χ0) is 16.5. The van der Waals surface area contributed by atoms with Crippen molar-refractivity contribution in [1.82, 2.24) is 25.0 Å². The minimum atomic E-state index is -0.0417. The van der Waals surface area contributed by atoms with Gasteiger partial charge in [0.15, 0.2) is 0 Å². The Morgan fingerprint density at radius 1 is 1.12 bits per heavy atom. The van der Waals surface area contributed by atoms with E-state index >= 15 is 0 Å². The number of amides is 1. The molecule has 6 nitrogen and oxygen atoms in total. The number of aryl methyl sites for hydroxylation is 1. The fraction of sp³-hybridized carbons (Fsp3) is 0.833.